The number of nitrogens with zero attached hydrogens (tertiary/aromatic N) is 4. The van der Waals surface area contributed by atoms with Crippen LogP contribution in [0.15, 0.2) is 60.9 Å². The van der Waals surface area contributed by atoms with Gasteiger partial charge in [0.05, 0.1) is 36.5 Å². The first-order valence-electron chi connectivity index (χ1n) is 15.4. The number of carbonyl (C=O) groups is 3. The summed E-state index contributed by atoms with van der Waals surface area (Å²) in [5.41, 5.74) is 5.44. The molecule has 2 aromatic carbocycles. The van der Waals surface area contributed by atoms with Crippen molar-refractivity contribution < 1.29 is 28.6 Å². The Morgan fingerprint density at radius 2 is 1.78 bits per heavy atom. The van der Waals surface area contributed by atoms with Crippen LogP contribution in [0.2, 0.25) is 0 Å². The fourth-order valence-corrected chi connectivity index (χ4v) is 5.66. The van der Waals surface area contributed by atoms with Gasteiger partial charge in [0.25, 0.3) is 5.91 Å². The van der Waals surface area contributed by atoms with Gasteiger partial charge < -0.3 is 29.3 Å². The van der Waals surface area contributed by atoms with Crippen molar-refractivity contribution in [1.29, 1.82) is 0 Å². The molecule has 1 N–H and O–H groups in total. The standard InChI is InChI=1S/C35H39N5O6/c1-35(2,3)33(42)46-21-40-19-28(30-25-9-7-6-8-23(25)20-45-30)26-17-24(18-36-31(26)40)22-10-11-29(27(16-22)32(41)38(4)5)37-34(43)39-12-14-44-15-13-39/h6-11,16-19,30H,12-15,20-21H2,1-5H3,(H,37,43). The summed E-state index contributed by atoms with van der Waals surface area (Å²) in [6.07, 6.45) is 3.36. The number of nitrogens with one attached hydrogen (secondary N) is 1. The highest BCUT2D eigenvalue weighted by molar-refractivity contribution is 6.04. The molecule has 1 fully saturated rings. The number of pyridine rings is 1. The third-order valence-electron chi connectivity index (χ3n) is 8.25. The predicted molar refractivity (Wildman–Crippen MR) is 173 cm³/mol. The molecule has 2 aliphatic rings. The van der Waals surface area contributed by atoms with Crippen LogP contribution in [0.4, 0.5) is 10.5 Å². The van der Waals surface area contributed by atoms with Crippen molar-refractivity contribution in [3.63, 3.8) is 0 Å². The predicted octanol–water partition coefficient (Wildman–Crippen LogP) is 5.44. The number of esters is 1. The molecule has 1 saturated heterocycles. The molecule has 4 aromatic rings. The number of benzene rings is 2. The molecular weight excluding hydrogens is 586 g/mol. The van der Waals surface area contributed by atoms with Gasteiger partial charge in [0.1, 0.15) is 11.8 Å². The largest absolute Gasteiger partial charge is 0.443 e. The minimum absolute atomic E-state index is 0.00629. The number of hydrogen-bond donors (Lipinski definition) is 1. The van der Waals surface area contributed by atoms with Gasteiger partial charge in [0, 0.05) is 56.1 Å². The van der Waals surface area contributed by atoms with E-state index in [2.05, 4.69) is 17.4 Å². The van der Waals surface area contributed by atoms with Crippen LogP contribution in [0.3, 0.4) is 0 Å². The Hall–Kier alpha value is -4.74. The number of aromatic nitrogens is 2. The highest BCUT2D eigenvalue weighted by Crippen LogP contribution is 2.40. The zero-order valence-corrected chi connectivity index (χ0v) is 26.8. The molecule has 46 heavy (non-hydrogen) atoms. The molecule has 240 valence electrons. The molecule has 1 unspecified atom stereocenters. The SMILES string of the molecule is CN(C)C(=O)c1cc(-c2cnc3c(c2)c(C2OCc4ccccc42)cn3COC(=O)C(C)(C)C)ccc1NC(=O)N1CCOCC1. The first-order chi connectivity index (χ1) is 22.0. The van der Waals surface area contributed by atoms with Gasteiger partial charge in [-0.15, -0.1) is 0 Å². The van der Waals surface area contributed by atoms with Gasteiger partial charge >= 0.3 is 12.0 Å². The number of carbonyl (C=O) groups excluding carboxylic acids is 3. The summed E-state index contributed by atoms with van der Waals surface area (Å²) in [5, 5.41) is 3.77. The first kappa shape index (κ1) is 31.3. The minimum atomic E-state index is -0.643. The molecule has 0 spiro atoms. The Morgan fingerprint density at radius 3 is 2.52 bits per heavy atom. The van der Waals surface area contributed by atoms with Gasteiger partial charge in [-0.3, -0.25) is 14.2 Å². The molecule has 0 saturated carbocycles. The van der Waals surface area contributed by atoms with Gasteiger partial charge in [-0.05, 0) is 55.7 Å². The molecule has 4 heterocycles. The van der Waals surface area contributed by atoms with Crippen molar-refractivity contribution >= 4 is 34.6 Å². The molecule has 2 aliphatic heterocycles. The lowest BCUT2D eigenvalue weighted by molar-refractivity contribution is -0.156. The molecule has 11 nitrogen and oxygen atoms in total. The van der Waals surface area contributed by atoms with Crippen molar-refractivity contribution in [1.82, 2.24) is 19.4 Å². The van der Waals surface area contributed by atoms with Gasteiger partial charge in [0.15, 0.2) is 6.73 Å². The summed E-state index contributed by atoms with van der Waals surface area (Å²) in [6, 6.07) is 15.3. The normalized spacial score (nSPS) is 16.3. The van der Waals surface area contributed by atoms with E-state index in [9.17, 15) is 14.4 Å². The number of fused-ring (bicyclic) bond motifs is 2. The van der Waals surface area contributed by atoms with E-state index in [4.69, 9.17) is 19.2 Å². The second kappa shape index (κ2) is 12.6. The summed E-state index contributed by atoms with van der Waals surface area (Å²) < 4.78 is 19.1. The van der Waals surface area contributed by atoms with Gasteiger partial charge in [0.2, 0.25) is 0 Å². The van der Waals surface area contributed by atoms with Crippen molar-refractivity contribution in [2.75, 3.05) is 45.7 Å². The molecule has 2 aromatic heterocycles. The number of hydrogen-bond acceptors (Lipinski definition) is 7. The van der Waals surface area contributed by atoms with Crippen molar-refractivity contribution in [3.05, 3.63) is 83.2 Å². The van der Waals surface area contributed by atoms with E-state index in [-0.39, 0.29) is 30.7 Å². The molecule has 6 rings (SSSR count). The molecule has 0 bridgehead atoms. The number of anilines is 1. The maximum atomic E-state index is 13.3. The number of ether oxygens (including phenoxy) is 3. The summed E-state index contributed by atoms with van der Waals surface area (Å²) in [5.74, 6) is -0.550. The Morgan fingerprint density at radius 1 is 1.02 bits per heavy atom. The summed E-state index contributed by atoms with van der Waals surface area (Å²) in [7, 11) is 3.36. The quantitative estimate of drug-likeness (QED) is 0.284. The van der Waals surface area contributed by atoms with Crippen LogP contribution >= 0.6 is 0 Å². The number of amides is 3. The molecule has 0 aliphatic carbocycles. The van der Waals surface area contributed by atoms with Crippen LogP contribution < -0.4 is 5.32 Å². The van der Waals surface area contributed by atoms with Crippen molar-refractivity contribution in [2.45, 2.75) is 40.2 Å². The maximum Gasteiger partial charge on any atom is 0.322 e. The lowest BCUT2D eigenvalue weighted by Crippen LogP contribution is -2.43. The van der Waals surface area contributed by atoms with Crippen molar-refractivity contribution in [2.24, 2.45) is 5.41 Å². The van der Waals surface area contributed by atoms with E-state index in [1.807, 2.05) is 55.8 Å². The molecule has 0 radical (unpaired) electrons. The minimum Gasteiger partial charge on any atom is -0.443 e. The Kier molecular flexibility index (Phi) is 8.54. The lowest BCUT2D eigenvalue weighted by Gasteiger charge is -2.27. The van der Waals surface area contributed by atoms with Crippen LogP contribution in [0.5, 0.6) is 0 Å². The van der Waals surface area contributed by atoms with Crippen molar-refractivity contribution in [3.8, 4) is 11.1 Å². The third-order valence-corrected chi connectivity index (χ3v) is 8.25. The highest BCUT2D eigenvalue weighted by atomic mass is 16.5. The topological polar surface area (TPSA) is 115 Å². The number of urea groups is 1. The van der Waals surface area contributed by atoms with Crippen LogP contribution in [-0.4, -0.2) is 77.7 Å². The first-order valence-corrected chi connectivity index (χ1v) is 15.4. The van der Waals surface area contributed by atoms with Crippen LogP contribution in [0.1, 0.15) is 53.9 Å². The number of morpholine rings is 1. The molecule has 3 amide bonds. The van der Waals surface area contributed by atoms with E-state index < -0.39 is 5.41 Å². The molecular formula is C35H39N5O6. The second-order valence-electron chi connectivity index (χ2n) is 12.8. The highest BCUT2D eigenvalue weighted by Gasteiger charge is 2.29. The zero-order valence-electron chi connectivity index (χ0n) is 26.8. The van der Waals surface area contributed by atoms with E-state index in [1.54, 1.807) is 37.3 Å². The fraction of sp³-hybridized carbons (Fsp3) is 0.371. The Balaban J connectivity index is 1.39. The molecule has 11 heteroatoms. The second-order valence-corrected chi connectivity index (χ2v) is 12.8. The summed E-state index contributed by atoms with van der Waals surface area (Å²) >= 11 is 0. The fourth-order valence-electron chi connectivity index (χ4n) is 5.66. The zero-order chi connectivity index (χ0) is 32.6. The third kappa shape index (κ3) is 6.20. The van der Waals surface area contributed by atoms with E-state index in [0.717, 1.165) is 33.2 Å². The van der Waals surface area contributed by atoms with Gasteiger partial charge in [-0.25, -0.2) is 9.78 Å². The summed E-state index contributed by atoms with van der Waals surface area (Å²) in [6.45, 7) is 7.87. The maximum absolute atomic E-state index is 13.3. The van der Waals surface area contributed by atoms with Gasteiger partial charge in [-0.2, -0.15) is 0 Å². The monoisotopic (exact) mass is 625 g/mol. The average Bonchev–Trinajstić information content (AvgIpc) is 3.64. The van der Waals surface area contributed by atoms with Crippen LogP contribution in [0.25, 0.3) is 22.2 Å². The molecule has 1 atom stereocenters. The van der Waals surface area contributed by atoms with Crippen LogP contribution in [-0.2, 0) is 32.3 Å². The summed E-state index contributed by atoms with van der Waals surface area (Å²) in [4.78, 5) is 46.9. The van der Waals surface area contributed by atoms with Crippen LogP contribution in [0, 0.1) is 5.41 Å². The van der Waals surface area contributed by atoms with E-state index >= 15 is 0 Å². The average molecular weight is 626 g/mol. The Labute approximate surface area is 268 Å². The Bertz CT molecular complexity index is 1800. The van der Waals surface area contributed by atoms with Gasteiger partial charge in [-0.1, -0.05) is 30.3 Å². The van der Waals surface area contributed by atoms with E-state index in [0.29, 0.717) is 49.8 Å². The van der Waals surface area contributed by atoms with E-state index in [1.165, 1.54) is 4.90 Å². The smallest absolute Gasteiger partial charge is 0.322 e. The lowest BCUT2D eigenvalue weighted by atomic mass is 9.97. The number of rotatable bonds is 6.